The van der Waals surface area contributed by atoms with E-state index in [1.54, 1.807) is 4.31 Å². The first-order valence-corrected chi connectivity index (χ1v) is 10.3. The van der Waals surface area contributed by atoms with Gasteiger partial charge in [0.15, 0.2) is 0 Å². The van der Waals surface area contributed by atoms with Crippen LogP contribution < -0.4 is 0 Å². The molecule has 2 saturated heterocycles. The largest absolute Gasteiger partial charge is 0.378 e. The standard InChI is InChI=1S/C18H24N2O3S/c19-14-17(15-6-2-1-3-7-15)18-9-4-11-20(18)24(21,22)13-10-16-8-5-12-23-16/h1-3,6-7,16-18H,4-5,8-13H2. The van der Waals surface area contributed by atoms with Crippen LogP contribution in [0.2, 0.25) is 0 Å². The average molecular weight is 348 g/mol. The van der Waals surface area contributed by atoms with E-state index in [1.807, 2.05) is 30.3 Å². The van der Waals surface area contributed by atoms with Crippen LogP contribution in [0.5, 0.6) is 0 Å². The van der Waals surface area contributed by atoms with Crippen molar-refractivity contribution < 1.29 is 13.2 Å². The van der Waals surface area contributed by atoms with Crippen molar-refractivity contribution in [2.24, 2.45) is 0 Å². The van der Waals surface area contributed by atoms with Crippen molar-refractivity contribution in [3.63, 3.8) is 0 Å². The van der Waals surface area contributed by atoms with Gasteiger partial charge in [0.1, 0.15) is 0 Å². The molecule has 0 bridgehead atoms. The summed E-state index contributed by atoms with van der Waals surface area (Å²) in [5, 5.41) is 9.63. The molecule has 1 aromatic carbocycles. The van der Waals surface area contributed by atoms with E-state index in [4.69, 9.17) is 4.74 Å². The van der Waals surface area contributed by atoms with E-state index in [0.29, 0.717) is 13.0 Å². The maximum absolute atomic E-state index is 12.8. The lowest BCUT2D eigenvalue weighted by atomic mass is 9.92. The molecule has 0 amide bonds. The highest BCUT2D eigenvalue weighted by Crippen LogP contribution is 2.33. The number of hydrogen-bond acceptors (Lipinski definition) is 4. The molecule has 2 aliphatic heterocycles. The number of nitrogens with zero attached hydrogens (tertiary/aromatic N) is 2. The Balaban J connectivity index is 1.72. The van der Waals surface area contributed by atoms with Crippen molar-refractivity contribution >= 4 is 10.0 Å². The third kappa shape index (κ3) is 3.80. The molecule has 130 valence electrons. The van der Waals surface area contributed by atoms with E-state index < -0.39 is 15.9 Å². The molecule has 3 atom stereocenters. The predicted octanol–water partition coefficient (Wildman–Crippen LogP) is 2.66. The molecule has 3 unspecified atom stereocenters. The van der Waals surface area contributed by atoms with Crippen LogP contribution in [0.4, 0.5) is 0 Å². The van der Waals surface area contributed by atoms with Crippen molar-refractivity contribution in [2.75, 3.05) is 18.9 Å². The van der Waals surface area contributed by atoms with Gasteiger partial charge in [-0.3, -0.25) is 0 Å². The molecule has 2 fully saturated rings. The van der Waals surface area contributed by atoms with Crippen molar-refractivity contribution in [1.29, 1.82) is 5.26 Å². The first-order valence-electron chi connectivity index (χ1n) is 8.67. The second-order valence-electron chi connectivity index (χ2n) is 6.58. The fourth-order valence-corrected chi connectivity index (χ4v) is 5.60. The lowest BCUT2D eigenvalue weighted by Crippen LogP contribution is -2.40. The van der Waals surface area contributed by atoms with Crippen LogP contribution >= 0.6 is 0 Å². The lowest BCUT2D eigenvalue weighted by Gasteiger charge is -2.28. The summed E-state index contributed by atoms with van der Waals surface area (Å²) in [4.78, 5) is 0. The van der Waals surface area contributed by atoms with Crippen molar-refractivity contribution in [3.8, 4) is 6.07 Å². The molecule has 3 rings (SSSR count). The van der Waals surface area contributed by atoms with E-state index >= 15 is 0 Å². The monoisotopic (exact) mass is 348 g/mol. The summed E-state index contributed by atoms with van der Waals surface area (Å²) in [6.07, 6.45) is 4.14. The third-order valence-corrected chi connectivity index (χ3v) is 6.93. The highest BCUT2D eigenvalue weighted by atomic mass is 32.2. The van der Waals surface area contributed by atoms with Crippen LogP contribution in [0, 0.1) is 11.3 Å². The van der Waals surface area contributed by atoms with Gasteiger partial charge in [0.25, 0.3) is 0 Å². The van der Waals surface area contributed by atoms with Gasteiger partial charge in [0.2, 0.25) is 10.0 Å². The number of ether oxygens (including phenoxy) is 1. The highest BCUT2D eigenvalue weighted by molar-refractivity contribution is 7.89. The summed E-state index contributed by atoms with van der Waals surface area (Å²) in [6, 6.07) is 11.6. The zero-order valence-corrected chi connectivity index (χ0v) is 14.6. The summed E-state index contributed by atoms with van der Waals surface area (Å²) >= 11 is 0. The first-order chi connectivity index (χ1) is 11.6. The summed E-state index contributed by atoms with van der Waals surface area (Å²) in [6.45, 7) is 1.26. The summed E-state index contributed by atoms with van der Waals surface area (Å²) < 4.78 is 32.7. The highest BCUT2D eigenvalue weighted by Gasteiger charge is 2.39. The van der Waals surface area contributed by atoms with Gasteiger partial charge in [-0.2, -0.15) is 9.57 Å². The van der Waals surface area contributed by atoms with Gasteiger partial charge in [-0.25, -0.2) is 8.42 Å². The fraction of sp³-hybridized carbons (Fsp3) is 0.611. The molecule has 2 aliphatic rings. The fourth-order valence-electron chi connectivity index (χ4n) is 3.76. The zero-order valence-electron chi connectivity index (χ0n) is 13.8. The Morgan fingerprint density at radius 1 is 1.25 bits per heavy atom. The molecule has 0 saturated carbocycles. The van der Waals surface area contributed by atoms with Crippen molar-refractivity contribution in [1.82, 2.24) is 4.31 Å². The Hall–Kier alpha value is -1.42. The van der Waals surface area contributed by atoms with Gasteiger partial charge in [0.05, 0.1) is 23.8 Å². The van der Waals surface area contributed by atoms with Crippen molar-refractivity contribution in [3.05, 3.63) is 35.9 Å². The molecular weight excluding hydrogens is 324 g/mol. The molecule has 2 heterocycles. The van der Waals surface area contributed by atoms with E-state index in [2.05, 4.69) is 6.07 Å². The summed E-state index contributed by atoms with van der Waals surface area (Å²) in [5.74, 6) is -0.299. The first kappa shape index (κ1) is 17.4. The van der Waals surface area contributed by atoms with E-state index in [0.717, 1.165) is 37.9 Å². The zero-order chi connectivity index (χ0) is 17.0. The maximum atomic E-state index is 12.8. The maximum Gasteiger partial charge on any atom is 0.214 e. The van der Waals surface area contributed by atoms with E-state index in [-0.39, 0.29) is 17.9 Å². The minimum absolute atomic E-state index is 0.0710. The summed E-state index contributed by atoms with van der Waals surface area (Å²) in [7, 11) is -3.36. The van der Waals surface area contributed by atoms with Crippen LogP contribution in [-0.2, 0) is 14.8 Å². The van der Waals surface area contributed by atoms with E-state index in [1.165, 1.54) is 0 Å². The second-order valence-corrected chi connectivity index (χ2v) is 8.62. The van der Waals surface area contributed by atoms with Gasteiger partial charge >= 0.3 is 0 Å². The molecule has 0 radical (unpaired) electrons. The van der Waals surface area contributed by atoms with Crippen LogP contribution in [0.15, 0.2) is 30.3 Å². The van der Waals surface area contributed by atoms with Crippen LogP contribution in [-0.4, -0.2) is 43.8 Å². The summed E-state index contributed by atoms with van der Waals surface area (Å²) in [5.41, 5.74) is 0.895. The topological polar surface area (TPSA) is 70.4 Å². The SMILES string of the molecule is N#CC(c1ccccc1)C1CCCN1S(=O)(=O)CCC1CCCO1. The second kappa shape index (κ2) is 7.64. The Kier molecular flexibility index (Phi) is 5.54. The molecule has 5 nitrogen and oxygen atoms in total. The van der Waals surface area contributed by atoms with Gasteiger partial charge < -0.3 is 4.74 Å². The molecule has 0 aliphatic carbocycles. The minimum atomic E-state index is -3.36. The smallest absolute Gasteiger partial charge is 0.214 e. The average Bonchev–Trinajstić information content (AvgIpc) is 3.27. The molecule has 0 N–H and O–H groups in total. The van der Waals surface area contributed by atoms with Gasteiger partial charge in [-0.05, 0) is 37.7 Å². The van der Waals surface area contributed by atoms with Crippen molar-refractivity contribution in [2.45, 2.75) is 50.2 Å². The molecule has 24 heavy (non-hydrogen) atoms. The lowest BCUT2D eigenvalue weighted by molar-refractivity contribution is 0.108. The van der Waals surface area contributed by atoms with Crippen LogP contribution in [0.3, 0.4) is 0 Å². The van der Waals surface area contributed by atoms with Crippen LogP contribution in [0.25, 0.3) is 0 Å². The predicted molar refractivity (Wildman–Crippen MR) is 91.9 cm³/mol. The Morgan fingerprint density at radius 3 is 2.71 bits per heavy atom. The van der Waals surface area contributed by atoms with Gasteiger partial charge in [-0.15, -0.1) is 0 Å². The number of sulfonamides is 1. The van der Waals surface area contributed by atoms with E-state index in [9.17, 15) is 13.7 Å². The number of rotatable bonds is 6. The number of hydrogen-bond donors (Lipinski definition) is 0. The van der Waals surface area contributed by atoms with Gasteiger partial charge in [0, 0.05) is 19.2 Å². The molecular formula is C18H24N2O3S. The molecule has 0 aromatic heterocycles. The number of nitriles is 1. The number of benzene rings is 1. The van der Waals surface area contributed by atoms with Gasteiger partial charge in [-0.1, -0.05) is 30.3 Å². The Bertz CT molecular complexity index is 678. The normalized spacial score (nSPS) is 26.3. The minimum Gasteiger partial charge on any atom is -0.378 e. The Labute approximate surface area is 144 Å². The van der Waals surface area contributed by atoms with Crippen LogP contribution in [0.1, 0.15) is 43.6 Å². The quantitative estimate of drug-likeness (QED) is 0.792. The molecule has 0 spiro atoms. The Morgan fingerprint density at radius 2 is 2.04 bits per heavy atom. The molecule has 6 heteroatoms. The third-order valence-electron chi connectivity index (χ3n) is 5.01. The molecule has 1 aromatic rings.